The SMILES string of the molecule is CC(C)(C)c1ccc(OCC(=O)N2CCNC(=O)C2CC(=O)OCCOc2ccccc2)cc1. The van der Waals surface area contributed by atoms with Gasteiger partial charge in [-0.15, -0.1) is 0 Å². The van der Waals surface area contributed by atoms with E-state index in [0.29, 0.717) is 24.6 Å². The summed E-state index contributed by atoms with van der Waals surface area (Å²) in [6, 6.07) is 15.8. The van der Waals surface area contributed by atoms with Crippen LogP contribution >= 0.6 is 0 Å². The van der Waals surface area contributed by atoms with Gasteiger partial charge in [-0.3, -0.25) is 14.4 Å². The predicted octanol–water partition coefficient (Wildman–Crippen LogP) is 2.70. The molecule has 1 fully saturated rings. The maximum absolute atomic E-state index is 12.8. The van der Waals surface area contributed by atoms with E-state index in [2.05, 4.69) is 26.1 Å². The van der Waals surface area contributed by atoms with Gasteiger partial charge in [-0.2, -0.15) is 0 Å². The highest BCUT2D eigenvalue weighted by atomic mass is 16.6. The van der Waals surface area contributed by atoms with E-state index in [4.69, 9.17) is 14.2 Å². The lowest BCUT2D eigenvalue weighted by molar-refractivity contribution is -0.152. The molecule has 1 unspecified atom stereocenters. The Kier molecular flexibility index (Phi) is 8.51. The Labute approximate surface area is 200 Å². The number of esters is 1. The highest BCUT2D eigenvalue weighted by Crippen LogP contribution is 2.24. The van der Waals surface area contributed by atoms with E-state index < -0.39 is 12.0 Å². The largest absolute Gasteiger partial charge is 0.490 e. The molecule has 1 heterocycles. The number of para-hydroxylation sites is 1. The van der Waals surface area contributed by atoms with Crippen LogP contribution in [0.2, 0.25) is 0 Å². The number of amides is 2. The van der Waals surface area contributed by atoms with Gasteiger partial charge in [0.05, 0.1) is 6.42 Å². The number of rotatable bonds is 9. The monoisotopic (exact) mass is 468 g/mol. The third-order valence-corrected chi connectivity index (χ3v) is 5.45. The Balaban J connectivity index is 1.48. The van der Waals surface area contributed by atoms with Gasteiger partial charge in [0.1, 0.15) is 30.8 Å². The topological polar surface area (TPSA) is 94.2 Å². The molecule has 0 spiro atoms. The van der Waals surface area contributed by atoms with Gasteiger partial charge in [-0.1, -0.05) is 51.1 Å². The molecular formula is C26H32N2O6. The zero-order chi connectivity index (χ0) is 24.6. The molecule has 2 aromatic rings. The van der Waals surface area contributed by atoms with Crippen molar-refractivity contribution in [3.8, 4) is 11.5 Å². The fraction of sp³-hybridized carbons (Fsp3) is 0.423. The van der Waals surface area contributed by atoms with E-state index in [1.807, 2.05) is 42.5 Å². The Morgan fingerprint density at radius 3 is 2.32 bits per heavy atom. The van der Waals surface area contributed by atoms with Crippen LogP contribution in [0.25, 0.3) is 0 Å². The van der Waals surface area contributed by atoms with Gasteiger partial charge in [-0.05, 0) is 35.2 Å². The van der Waals surface area contributed by atoms with Crippen LogP contribution in [0.1, 0.15) is 32.8 Å². The number of hydrogen-bond acceptors (Lipinski definition) is 6. The third kappa shape index (κ3) is 7.23. The van der Waals surface area contributed by atoms with Crippen molar-refractivity contribution in [1.82, 2.24) is 10.2 Å². The third-order valence-electron chi connectivity index (χ3n) is 5.45. The molecule has 34 heavy (non-hydrogen) atoms. The molecule has 2 amide bonds. The fourth-order valence-corrected chi connectivity index (χ4v) is 3.54. The van der Waals surface area contributed by atoms with Crippen LogP contribution in [-0.2, 0) is 24.5 Å². The molecule has 1 atom stereocenters. The minimum Gasteiger partial charge on any atom is -0.490 e. The predicted molar refractivity (Wildman–Crippen MR) is 127 cm³/mol. The maximum Gasteiger partial charge on any atom is 0.308 e. The van der Waals surface area contributed by atoms with E-state index in [9.17, 15) is 14.4 Å². The van der Waals surface area contributed by atoms with Crippen LogP contribution in [0, 0.1) is 0 Å². The first-order valence-corrected chi connectivity index (χ1v) is 11.4. The lowest BCUT2D eigenvalue weighted by Crippen LogP contribution is -2.58. The quantitative estimate of drug-likeness (QED) is 0.449. The second-order valence-corrected chi connectivity index (χ2v) is 9.04. The normalized spacial score (nSPS) is 15.9. The van der Waals surface area contributed by atoms with Crippen molar-refractivity contribution in [2.24, 2.45) is 0 Å². The number of carbonyl (C=O) groups is 3. The van der Waals surface area contributed by atoms with Gasteiger partial charge in [-0.25, -0.2) is 0 Å². The highest BCUT2D eigenvalue weighted by Gasteiger charge is 2.35. The molecule has 0 radical (unpaired) electrons. The first-order valence-electron chi connectivity index (χ1n) is 11.4. The molecule has 1 aliphatic heterocycles. The van der Waals surface area contributed by atoms with E-state index in [0.717, 1.165) is 5.56 Å². The van der Waals surface area contributed by atoms with Crippen LogP contribution < -0.4 is 14.8 Å². The van der Waals surface area contributed by atoms with Crippen molar-refractivity contribution in [2.45, 2.75) is 38.6 Å². The lowest BCUT2D eigenvalue weighted by Gasteiger charge is -2.34. The molecule has 2 aromatic carbocycles. The van der Waals surface area contributed by atoms with E-state index in [1.165, 1.54) is 4.90 Å². The number of piperazine rings is 1. The minimum absolute atomic E-state index is 0.0189. The van der Waals surface area contributed by atoms with Crippen molar-refractivity contribution in [1.29, 1.82) is 0 Å². The molecule has 0 bridgehead atoms. The van der Waals surface area contributed by atoms with Crippen LogP contribution in [0.15, 0.2) is 54.6 Å². The summed E-state index contributed by atoms with van der Waals surface area (Å²) in [6.07, 6.45) is -0.233. The fourth-order valence-electron chi connectivity index (χ4n) is 3.54. The van der Waals surface area contributed by atoms with E-state index in [1.54, 1.807) is 12.1 Å². The molecule has 0 saturated carbocycles. The Bertz CT molecular complexity index is 969. The first-order chi connectivity index (χ1) is 16.2. The molecule has 8 nitrogen and oxygen atoms in total. The van der Waals surface area contributed by atoms with Crippen molar-refractivity contribution >= 4 is 17.8 Å². The summed E-state index contributed by atoms with van der Waals surface area (Å²) < 4.78 is 16.3. The summed E-state index contributed by atoms with van der Waals surface area (Å²) in [5, 5.41) is 2.70. The average Bonchev–Trinajstić information content (AvgIpc) is 2.82. The molecule has 1 saturated heterocycles. The summed E-state index contributed by atoms with van der Waals surface area (Å²) in [6.45, 7) is 6.99. The van der Waals surface area contributed by atoms with Gasteiger partial charge in [0.25, 0.3) is 5.91 Å². The molecule has 1 aliphatic rings. The zero-order valence-electron chi connectivity index (χ0n) is 19.9. The second kappa shape index (κ2) is 11.5. The number of ether oxygens (including phenoxy) is 3. The van der Waals surface area contributed by atoms with Gasteiger partial charge in [0, 0.05) is 13.1 Å². The summed E-state index contributed by atoms with van der Waals surface area (Å²) in [5.41, 5.74) is 1.18. The molecular weight excluding hydrogens is 436 g/mol. The highest BCUT2D eigenvalue weighted by molar-refractivity contribution is 5.92. The summed E-state index contributed by atoms with van der Waals surface area (Å²) in [5.74, 6) is -0.0750. The summed E-state index contributed by atoms with van der Waals surface area (Å²) >= 11 is 0. The van der Waals surface area contributed by atoms with Crippen molar-refractivity contribution in [2.75, 3.05) is 32.9 Å². The van der Waals surface area contributed by atoms with Crippen molar-refractivity contribution in [3.05, 3.63) is 60.2 Å². The van der Waals surface area contributed by atoms with Crippen LogP contribution in [-0.4, -0.2) is 61.6 Å². The average molecular weight is 469 g/mol. The van der Waals surface area contributed by atoms with Crippen LogP contribution in [0.4, 0.5) is 0 Å². The summed E-state index contributed by atoms with van der Waals surface area (Å²) in [7, 11) is 0. The van der Waals surface area contributed by atoms with E-state index >= 15 is 0 Å². The lowest BCUT2D eigenvalue weighted by atomic mass is 9.87. The maximum atomic E-state index is 12.8. The second-order valence-electron chi connectivity index (χ2n) is 9.04. The molecule has 3 rings (SSSR count). The molecule has 8 heteroatoms. The number of carbonyl (C=O) groups excluding carboxylic acids is 3. The Morgan fingerprint density at radius 1 is 0.971 bits per heavy atom. The van der Waals surface area contributed by atoms with Crippen molar-refractivity contribution in [3.63, 3.8) is 0 Å². The van der Waals surface area contributed by atoms with Gasteiger partial charge < -0.3 is 24.4 Å². The number of benzene rings is 2. The van der Waals surface area contributed by atoms with Crippen molar-refractivity contribution < 1.29 is 28.6 Å². The Hall–Kier alpha value is -3.55. The van der Waals surface area contributed by atoms with Crippen LogP contribution in [0.5, 0.6) is 11.5 Å². The molecule has 1 N–H and O–H groups in total. The minimum atomic E-state index is -0.935. The summed E-state index contributed by atoms with van der Waals surface area (Å²) in [4.78, 5) is 38.9. The molecule has 0 aliphatic carbocycles. The van der Waals surface area contributed by atoms with E-state index in [-0.39, 0.29) is 43.5 Å². The van der Waals surface area contributed by atoms with Gasteiger partial charge in [0.2, 0.25) is 5.91 Å². The molecule has 0 aromatic heterocycles. The standard InChI is InChI=1S/C26H32N2O6/c1-26(2,3)19-9-11-21(12-10-19)34-18-23(29)28-14-13-27-25(31)22(28)17-24(30)33-16-15-32-20-7-5-4-6-8-20/h4-12,22H,13-18H2,1-3H3,(H,27,31). The first kappa shape index (κ1) is 25.1. The number of nitrogens with zero attached hydrogens (tertiary/aromatic N) is 1. The van der Waals surface area contributed by atoms with Gasteiger partial charge in [0.15, 0.2) is 6.61 Å². The smallest absolute Gasteiger partial charge is 0.308 e. The van der Waals surface area contributed by atoms with Crippen LogP contribution in [0.3, 0.4) is 0 Å². The molecule has 182 valence electrons. The number of nitrogens with one attached hydrogen (secondary N) is 1. The number of hydrogen-bond donors (Lipinski definition) is 1. The zero-order valence-corrected chi connectivity index (χ0v) is 19.9. The van der Waals surface area contributed by atoms with Gasteiger partial charge >= 0.3 is 5.97 Å². The Morgan fingerprint density at radius 2 is 1.65 bits per heavy atom.